The van der Waals surface area contributed by atoms with E-state index < -0.39 is 0 Å². The lowest BCUT2D eigenvalue weighted by atomic mass is 10.1. The fourth-order valence-corrected chi connectivity index (χ4v) is 3.90. The number of carbonyl (C=O) groups is 1. The Kier molecular flexibility index (Phi) is 5.30. The molecular weight excluding hydrogens is 340 g/mol. The van der Waals surface area contributed by atoms with Crippen LogP contribution in [0.1, 0.15) is 17.5 Å². The highest BCUT2D eigenvalue weighted by Gasteiger charge is 2.25. The van der Waals surface area contributed by atoms with E-state index in [1.54, 1.807) is 0 Å². The highest BCUT2D eigenvalue weighted by Crippen LogP contribution is 2.32. The summed E-state index contributed by atoms with van der Waals surface area (Å²) >= 11 is 0. The fraction of sp³-hybridized carbons (Fsp3) is 0.409. The van der Waals surface area contributed by atoms with Gasteiger partial charge in [0.1, 0.15) is 0 Å². The van der Waals surface area contributed by atoms with Crippen LogP contribution in [0.3, 0.4) is 0 Å². The van der Waals surface area contributed by atoms with Gasteiger partial charge < -0.3 is 14.4 Å². The first-order valence-electron chi connectivity index (χ1n) is 9.56. The molecule has 5 nitrogen and oxygen atoms in total. The van der Waals surface area contributed by atoms with Gasteiger partial charge in [0.25, 0.3) is 0 Å². The zero-order chi connectivity index (χ0) is 18.6. The van der Waals surface area contributed by atoms with Crippen molar-refractivity contribution in [2.24, 2.45) is 5.92 Å². The Morgan fingerprint density at radius 1 is 1.11 bits per heavy atom. The molecule has 2 aliphatic rings. The first kappa shape index (κ1) is 17.9. The van der Waals surface area contributed by atoms with E-state index >= 15 is 0 Å². The number of likely N-dealkylation sites (tertiary alicyclic amines) is 1. The molecule has 0 unspecified atom stereocenters. The standard InChI is InChI=1S/C22H26N2O3/c1-23(22(25)12-18-7-8-20-21(11-18)27-16-26-20)13-19-9-10-24(15-19)14-17-5-3-2-4-6-17/h2-8,11,19H,9-10,12-16H2,1H3/t19-/m0/s1. The molecule has 0 aromatic heterocycles. The van der Waals surface area contributed by atoms with Gasteiger partial charge in [-0.05, 0) is 42.1 Å². The molecule has 0 radical (unpaired) electrons. The van der Waals surface area contributed by atoms with Crippen molar-refractivity contribution >= 4 is 5.91 Å². The second-order valence-corrected chi connectivity index (χ2v) is 7.51. The molecule has 1 amide bonds. The van der Waals surface area contributed by atoms with E-state index in [-0.39, 0.29) is 12.7 Å². The summed E-state index contributed by atoms with van der Waals surface area (Å²) in [4.78, 5) is 17.0. The van der Waals surface area contributed by atoms with Crippen molar-refractivity contribution in [2.45, 2.75) is 19.4 Å². The molecule has 0 spiro atoms. The summed E-state index contributed by atoms with van der Waals surface area (Å²) in [6.45, 7) is 4.22. The summed E-state index contributed by atoms with van der Waals surface area (Å²) in [6.07, 6.45) is 1.54. The minimum absolute atomic E-state index is 0.148. The minimum atomic E-state index is 0.148. The SMILES string of the molecule is CN(C[C@@H]1CCN(Cc2ccccc2)C1)C(=O)Cc1ccc2c(c1)OCO2. The van der Waals surface area contributed by atoms with Crippen molar-refractivity contribution in [1.82, 2.24) is 9.80 Å². The number of nitrogens with zero attached hydrogens (tertiary/aromatic N) is 2. The lowest BCUT2D eigenvalue weighted by Crippen LogP contribution is -2.34. The van der Waals surface area contributed by atoms with Crippen LogP contribution in [0, 0.1) is 5.92 Å². The third-order valence-electron chi connectivity index (χ3n) is 5.37. The molecule has 2 heterocycles. The Morgan fingerprint density at radius 3 is 2.78 bits per heavy atom. The van der Waals surface area contributed by atoms with Gasteiger partial charge in [-0.2, -0.15) is 0 Å². The minimum Gasteiger partial charge on any atom is -0.454 e. The second kappa shape index (κ2) is 8.01. The Bertz CT molecular complexity index is 793. The van der Waals surface area contributed by atoms with Crippen LogP contribution in [0.25, 0.3) is 0 Å². The average molecular weight is 366 g/mol. The normalized spacial score (nSPS) is 18.6. The quantitative estimate of drug-likeness (QED) is 0.788. The van der Waals surface area contributed by atoms with Crippen molar-refractivity contribution < 1.29 is 14.3 Å². The largest absolute Gasteiger partial charge is 0.454 e. The summed E-state index contributed by atoms with van der Waals surface area (Å²) in [7, 11) is 1.91. The number of likely N-dealkylation sites (N-methyl/N-ethyl adjacent to an activating group) is 1. The van der Waals surface area contributed by atoms with E-state index in [9.17, 15) is 4.79 Å². The average Bonchev–Trinajstić information content (AvgIpc) is 3.31. The predicted molar refractivity (Wildman–Crippen MR) is 104 cm³/mol. The predicted octanol–water partition coefficient (Wildman–Crippen LogP) is 2.94. The van der Waals surface area contributed by atoms with Gasteiger partial charge in [-0.1, -0.05) is 36.4 Å². The Hall–Kier alpha value is -2.53. The first-order chi connectivity index (χ1) is 13.2. The zero-order valence-electron chi connectivity index (χ0n) is 15.8. The van der Waals surface area contributed by atoms with Crippen LogP contribution in [-0.4, -0.2) is 49.2 Å². The van der Waals surface area contributed by atoms with Gasteiger partial charge in [0, 0.05) is 26.7 Å². The van der Waals surface area contributed by atoms with Crippen LogP contribution in [0.2, 0.25) is 0 Å². The van der Waals surface area contributed by atoms with Crippen LogP contribution < -0.4 is 9.47 Å². The van der Waals surface area contributed by atoms with Crippen molar-refractivity contribution in [3.63, 3.8) is 0 Å². The van der Waals surface area contributed by atoms with Gasteiger partial charge >= 0.3 is 0 Å². The number of hydrogen-bond acceptors (Lipinski definition) is 4. The highest BCUT2D eigenvalue weighted by atomic mass is 16.7. The lowest BCUT2D eigenvalue weighted by molar-refractivity contribution is -0.129. The van der Waals surface area contributed by atoms with Crippen LogP contribution >= 0.6 is 0 Å². The molecule has 1 atom stereocenters. The van der Waals surface area contributed by atoms with E-state index in [2.05, 4.69) is 35.2 Å². The van der Waals surface area contributed by atoms with Crippen LogP contribution in [0.4, 0.5) is 0 Å². The molecule has 1 fully saturated rings. The van der Waals surface area contributed by atoms with Gasteiger partial charge in [-0.25, -0.2) is 0 Å². The van der Waals surface area contributed by atoms with Gasteiger partial charge in [0.05, 0.1) is 6.42 Å². The van der Waals surface area contributed by atoms with Gasteiger partial charge in [-0.3, -0.25) is 9.69 Å². The summed E-state index contributed by atoms with van der Waals surface area (Å²) in [5, 5.41) is 0. The molecule has 2 aromatic rings. The maximum absolute atomic E-state index is 12.6. The van der Waals surface area contributed by atoms with Crippen molar-refractivity contribution in [3.05, 3.63) is 59.7 Å². The maximum atomic E-state index is 12.6. The first-order valence-corrected chi connectivity index (χ1v) is 9.56. The van der Waals surface area contributed by atoms with Crippen LogP contribution in [-0.2, 0) is 17.8 Å². The number of amides is 1. The third kappa shape index (κ3) is 4.42. The Morgan fingerprint density at radius 2 is 1.93 bits per heavy atom. The molecule has 27 heavy (non-hydrogen) atoms. The second-order valence-electron chi connectivity index (χ2n) is 7.51. The Balaban J connectivity index is 1.26. The van der Waals surface area contributed by atoms with E-state index in [0.717, 1.165) is 49.7 Å². The molecule has 0 aliphatic carbocycles. The molecule has 1 saturated heterocycles. The number of fused-ring (bicyclic) bond motifs is 1. The van der Waals surface area contributed by atoms with Crippen molar-refractivity contribution in [2.75, 3.05) is 33.5 Å². The van der Waals surface area contributed by atoms with Gasteiger partial charge in [0.2, 0.25) is 12.7 Å². The number of benzene rings is 2. The van der Waals surface area contributed by atoms with Crippen LogP contribution in [0.5, 0.6) is 11.5 Å². The molecule has 2 aliphatic heterocycles. The number of ether oxygens (including phenoxy) is 2. The smallest absolute Gasteiger partial charge is 0.231 e. The van der Waals surface area contributed by atoms with E-state index in [1.807, 2.05) is 30.1 Å². The summed E-state index contributed by atoms with van der Waals surface area (Å²) in [5.74, 6) is 2.18. The molecule has 4 rings (SSSR count). The van der Waals surface area contributed by atoms with E-state index in [4.69, 9.17) is 9.47 Å². The van der Waals surface area contributed by atoms with Crippen molar-refractivity contribution in [1.29, 1.82) is 0 Å². The monoisotopic (exact) mass is 366 g/mol. The molecule has 0 saturated carbocycles. The topological polar surface area (TPSA) is 42.0 Å². The van der Waals surface area contributed by atoms with Crippen molar-refractivity contribution in [3.8, 4) is 11.5 Å². The van der Waals surface area contributed by atoms with Gasteiger partial charge in [0.15, 0.2) is 11.5 Å². The number of hydrogen-bond donors (Lipinski definition) is 0. The lowest BCUT2D eigenvalue weighted by Gasteiger charge is -2.22. The fourth-order valence-electron chi connectivity index (χ4n) is 3.90. The molecule has 0 bridgehead atoms. The molecule has 142 valence electrons. The molecule has 0 N–H and O–H groups in total. The highest BCUT2D eigenvalue weighted by molar-refractivity contribution is 5.78. The summed E-state index contributed by atoms with van der Waals surface area (Å²) in [5.41, 5.74) is 2.32. The third-order valence-corrected chi connectivity index (χ3v) is 5.37. The Labute approximate surface area is 160 Å². The van der Waals surface area contributed by atoms with Gasteiger partial charge in [-0.15, -0.1) is 0 Å². The molecule has 5 heteroatoms. The number of rotatable bonds is 6. The summed E-state index contributed by atoms with van der Waals surface area (Å²) in [6, 6.07) is 16.3. The molecule has 2 aromatic carbocycles. The van der Waals surface area contributed by atoms with E-state index in [1.165, 1.54) is 5.56 Å². The summed E-state index contributed by atoms with van der Waals surface area (Å²) < 4.78 is 10.7. The van der Waals surface area contributed by atoms with Crippen LogP contribution in [0.15, 0.2) is 48.5 Å². The zero-order valence-corrected chi connectivity index (χ0v) is 15.8. The maximum Gasteiger partial charge on any atom is 0.231 e. The molecular formula is C22H26N2O3. The number of carbonyl (C=O) groups excluding carboxylic acids is 1. The van der Waals surface area contributed by atoms with E-state index in [0.29, 0.717) is 12.3 Å².